The molecule has 0 spiro atoms. The monoisotopic (exact) mass is 426 g/mol. The summed E-state index contributed by atoms with van der Waals surface area (Å²) < 4.78 is 8.29. The number of ether oxygens (including phenoxy) is 1. The maximum Gasteiger partial charge on any atom is 0.193 e. The summed E-state index contributed by atoms with van der Waals surface area (Å²) in [6.45, 7) is 10.4. The lowest BCUT2D eigenvalue weighted by Gasteiger charge is -2.22. The first-order chi connectivity index (χ1) is 15.1. The molecule has 0 bridgehead atoms. The average Bonchev–Trinajstić information content (AvgIpc) is 2.95. The van der Waals surface area contributed by atoms with Crippen molar-refractivity contribution in [3.05, 3.63) is 41.0 Å². The van der Waals surface area contributed by atoms with Crippen molar-refractivity contribution >= 4 is 5.96 Å². The van der Waals surface area contributed by atoms with E-state index < -0.39 is 0 Å². The second-order valence-corrected chi connectivity index (χ2v) is 8.43. The molecular formula is C24H38N6O. The molecule has 1 aliphatic rings. The van der Waals surface area contributed by atoms with E-state index in [1.54, 1.807) is 0 Å². The molecule has 7 heteroatoms. The summed E-state index contributed by atoms with van der Waals surface area (Å²) in [6, 6.07) is 6.32. The van der Waals surface area contributed by atoms with Gasteiger partial charge in [-0.1, -0.05) is 12.5 Å². The van der Waals surface area contributed by atoms with E-state index in [9.17, 15) is 0 Å². The summed E-state index contributed by atoms with van der Waals surface area (Å²) in [6.07, 6.45) is 6.71. The van der Waals surface area contributed by atoms with Crippen molar-refractivity contribution < 1.29 is 4.74 Å². The van der Waals surface area contributed by atoms with Gasteiger partial charge < -0.3 is 19.5 Å². The quantitative estimate of drug-likeness (QED) is 0.377. The van der Waals surface area contributed by atoms with Gasteiger partial charge in [-0.05, 0) is 63.3 Å². The third kappa shape index (κ3) is 6.97. The standard InChI is InChI=1S/C24H38N6O/c1-5-25-24(29(4)14-15-31-21-17-19(2)16-20(3)18-21)26-12-9-11-23-28-27-22-10-7-6-8-13-30(22)23/h16-18H,5-15H2,1-4H3,(H,25,26). The maximum absolute atomic E-state index is 5.96. The number of aliphatic imine (C=N–C) groups is 1. The molecular weight excluding hydrogens is 388 g/mol. The van der Waals surface area contributed by atoms with E-state index in [4.69, 9.17) is 9.73 Å². The molecule has 0 radical (unpaired) electrons. The van der Waals surface area contributed by atoms with Crippen LogP contribution in [0.4, 0.5) is 0 Å². The van der Waals surface area contributed by atoms with Gasteiger partial charge in [-0.3, -0.25) is 4.99 Å². The van der Waals surface area contributed by atoms with Crippen molar-refractivity contribution in [2.75, 3.05) is 33.3 Å². The van der Waals surface area contributed by atoms with Crippen LogP contribution >= 0.6 is 0 Å². The number of hydrogen-bond donors (Lipinski definition) is 1. The Kier molecular flexibility index (Phi) is 8.74. The second kappa shape index (κ2) is 11.7. The van der Waals surface area contributed by atoms with Gasteiger partial charge in [-0.15, -0.1) is 10.2 Å². The van der Waals surface area contributed by atoms with Crippen LogP contribution < -0.4 is 10.1 Å². The molecule has 1 aromatic carbocycles. The Bertz CT molecular complexity index is 839. The van der Waals surface area contributed by atoms with E-state index in [1.165, 1.54) is 30.4 Å². The molecule has 1 N–H and O–H groups in total. The fourth-order valence-corrected chi connectivity index (χ4v) is 4.04. The minimum Gasteiger partial charge on any atom is -0.492 e. The molecule has 1 aliphatic heterocycles. The van der Waals surface area contributed by atoms with E-state index >= 15 is 0 Å². The third-order valence-electron chi connectivity index (χ3n) is 5.59. The van der Waals surface area contributed by atoms with Crippen LogP contribution in [-0.2, 0) is 19.4 Å². The van der Waals surface area contributed by atoms with Crippen LogP contribution in [0.2, 0.25) is 0 Å². The highest BCUT2D eigenvalue weighted by Crippen LogP contribution is 2.16. The van der Waals surface area contributed by atoms with Crippen LogP contribution in [0.15, 0.2) is 23.2 Å². The lowest BCUT2D eigenvalue weighted by atomic mass is 10.1. The largest absolute Gasteiger partial charge is 0.492 e. The van der Waals surface area contributed by atoms with Gasteiger partial charge >= 0.3 is 0 Å². The van der Waals surface area contributed by atoms with E-state index in [1.807, 2.05) is 0 Å². The number of guanidine groups is 1. The van der Waals surface area contributed by atoms with Crippen LogP contribution in [0.3, 0.4) is 0 Å². The second-order valence-electron chi connectivity index (χ2n) is 8.43. The molecule has 0 unspecified atom stereocenters. The number of hydrogen-bond acceptors (Lipinski definition) is 4. The molecule has 0 fully saturated rings. The van der Waals surface area contributed by atoms with Crippen LogP contribution in [-0.4, -0.2) is 58.9 Å². The fourth-order valence-electron chi connectivity index (χ4n) is 4.04. The Morgan fingerprint density at radius 1 is 1.16 bits per heavy atom. The van der Waals surface area contributed by atoms with Gasteiger partial charge in [0.1, 0.15) is 24.0 Å². The van der Waals surface area contributed by atoms with E-state index in [0.29, 0.717) is 6.61 Å². The van der Waals surface area contributed by atoms with Gasteiger partial charge in [0.05, 0.1) is 6.54 Å². The van der Waals surface area contributed by atoms with Crippen molar-refractivity contribution in [3.63, 3.8) is 0 Å². The van der Waals surface area contributed by atoms with Gasteiger partial charge in [-0.2, -0.15) is 0 Å². The summed E-state index contributed by atoms with van der Waals surface area (Å²) in [4.78, 5) is 6.95. The number of nitrogens with one attached hydrogen (secondary N) is 1. The van der Waals surface area contributed by atoms with Gasteiger partial charge in [0, 0.05) is 39.5 Å². The molecule has 0 saturated heterocycles. The topological polar surface area (TPSA) is 67.6 Å². The molecule has 1 aromatic heterocycles. The lowest BCUT2D eigenvalue weighted by Crippen LogP contribution is -2.41. The van der Waals surface area contributed by atoms with Crippen LogP contribution in [0.1, 0.15) is 55.4 Å². The zero-order valence-corrected chi connectivity index (χ0v) is 19.7. The Hall–Kier alpha value is -2.57. The fraction of sp³-hybridized carbons (Fsp3) is 0.625. The van der Waals surface area contributed by atoms with Crippen molar-refractivity contribution in [2.24, 2.45) is 4.99 Å². The minimum atomic E-state index is 0.621. The third-order valence-corrected chi connectivity index (χ3v) is 5.59. The van der Waals surface area contributed by atoms with E-state index in [-0.39, 0.29) is 0 Å². The molecule has 2 heterocycles. The zero-order chi connectivity index (χ0) is 22.1. The van der Waals surface area contributed by atoms with E-state index in [0.717, 1.165) is 68.8 Å². The molecule has 0 saturated carbocycles. The molecule has 0 aliphatic carbocycles. The summed E-state index contributed by atoms with van der Waals surface area (Å²) in [5.74, 6) is 4.13. The zero-order valence-electron chi connectivity index (χ0n) is 19.7. The Morgan fingerprint density at radius 2 is 1.97 bits per heavy atom. The maximum atomic E-state index is 5.96. The molecule has 3 rings (SSSR count). The van der Waals surface area contributed by atoms with Crippen LogP contribution in [0.5, 0.6) is 5.75 Å². The highest BCUT2D eigenvalue weighted by Gasteiger charge is 2.14. The Morgan fingerprint density at radius 3 is 2.74 bits per heavy atom. The number of rotatable bonds is 9. The number of benzene rings is 1. The van der Waals surface area contributed by atoms with E-state index in [2.05, 4.69) is 71.0 Å². The smallest absolute Gasteiger partial charge is 0.193 e. The highest BCUT2D eigenvalue weighted by molar-refractivity contribution is 5.79. The molecule has 31 heavy (non-hydrogen) atoms. The number of nitrogens with zero attached hydrogens (tertiary/aromatic N) is 5. The van der Waals surface area contributed by atoms with Crippen molar-refractivity contribution in [1.29, 1.82) is 0 Å². The predicted molar refractivity (Wildman–Crippen MR) is 126 cm³/mol. The predicted octanol–water partition coefficient (Wildman–Crippen LogP) is 3.53. The van der Waals surface area contributed by atoms with Crippen molar-refractivity contribution in [2.45, 2.75) is 65.8 Å². The lowest BCUT2D eigenvalue weighted by molar-refractivity contribution is 0.281. The average molecular weight is 427 g/mol. The van der Waals surface area contributed by atoms with Crippen LogP contribution in [0, 0.1) is 13.8 Å². The summed E-state index contributed by atoms with van der Waals surface area (Å²) >= 11 is 0. The van der Waals surface area contributed by atoms with Gasteiger partial charge in [0.2, 0.25) is 0 Å². The first-order valence-electron chi connectivity index (χ1n) is 11.7. The summed E-state index contributed by atoms with van der Waals surface area (Å²) in [5.41, 5.74) is 2.45. The number of aryl methyl sites for hydroxylation is 4. The SMILES string of the molecule is CCNC(=NCCCc1nnc2n1CCCCC2)N(C)CCOc1cc(C)cc(C)c1. The molecule has 7 nitrogen and oxygen atoms in total. The van der Waals surface area contributed by atoms with Gasteiger partial charge in [0.25, 0.3) is 0 Å². The minimum absolute atomic E-state index is 0.621. The number of fused-ring (bicyclic) bond motifs is 1. The Balaban J connectivity index is 1.47. The first kappa shape index (κ1) is 23.1. The normalized spacial score (nSPS) is 14.1. The van der Waals surface area contributed by atoms with Gasteiger partial charge in [-0.25, -0.2) is 0 Å². The van der Waals surface area contributed by atoms with Crippen LogP contribution in [0.25, 0.3) is 0 Å². The van der Waals surface area contributed by atoms with Crippen molar-refractivity contribution in [1.82, 2.24) is 25.0 Å². The molecule has 170 valence electrons. The van der Waals surface area contributed by atoms with Gasteiger partial charge in [0.15, 0.2) is 5.96 Å². The highest BCUT2D eigenvalue weighted by atomic mass is 16.5. The first-order valence-corrected chi connectivity index (χ1v) is 11.7. The Labute approximate surface area is 186 Å². The van der Waals surface area contributed by atoms with Crippen molar-refractivity contribution in [3.8, 4) is 5.75 Å². The summed E-state index contributed by atoms with van der Waals surface area (Å²) in [5, 5.41) is 12.2. The molecule has 0 atom stereocenters. The molecule has 2 aromatic rings. The number of likely N-dealkylation sites (N-methyl/N-ethyl adjacent to an activating group) is 1. The molecule has 0 amide bonds. The summed E-state index contributed by atoms with van der Waals surface area (Å²) in [7, 11) is 2.06. The number of aromatic nitrogens is 3.